The Morgan fingerprint density at radius 1 is 1.11 bits per heavy atom. The molecule has 1 spiro atoms. The zero-order valence-corrected chi connectivity index (χ0v) is 12.7. The molecule has 2 heterocycles. The number of carbonyl (C=O) groups is 1. The van der Waals surface area contributed by atoms with Gasteiger partial charge in [-0.15, -0.1) is 0 Å². The van der Waals surface area contributed by atoms with Gasteiger partial charge >= 0.3 is 0 Å². The summed E-state index contributed by atoms with van der Waals surface area (Å²) in [6.45, 7) is 14.0. The third-order valence-corrected chi connectivity index (χ3v) is 4.14. The summed E-state index contributed by atoms with van der Waals surface area (Å²) in [6.07, 6.45) is 4.36. The van der Waals surface area contributed by atoms with E-state index in [0.717, 1.165) is 13.1 Å². The largest absolute Gasteiger partial charge is 0.343 e. The Balaban J connectivity index is 0.000000771. The Morgan fingerprint density at radius 3 is 2.11 bits per heavy atom. The smallest absolute Gasteiger partial charge is 0.222 e. The molecule has 0 atom stereocenters. The van der Waals surface area contributed by atoms with Crippen LogP contribution in [0.1, 0.15) is 53.4 Å². The average molecular weight is 254 g/mol. The average Bonchev–Trinajstić information content (AvgIpc) is 2.39. The molecule has 2 rings (SSSR count). The van der Waals surface area contributed by atoms with E-state index in [1.807, 2.05) is 25.7 Å². The van der Waals surface area contributed by atoms with Gasteiger partial charge in [0.05, 0.1) is 0 Å². The molecule has 2 aliphatic rings. The standard InChI is InChI=1S/C13H24N2O.C2H6/c1-3-7-14-10-13(11-14)5-8-15(9-6-13)12(16)4-2;1-2/h3-11H2,1-2H3;1-2H3. The maximum atomic E-state index is 11.6. The fourth-order valence-corrected chi connectivity index (χ4v) is 3.15. The van der Waals surface area contributed by atoms with Crippen molar-refractivity contribution in [2.75, 3.05) is 32.7 Å². The van der Waals surface area contributed by atoms with E-state index >= 15 is 0 Å². The van der Waals surface area contributed by atoms with Crippen LogP contribution in [-0.4, -0.2) is 48.4 Å². The van der Waals surface area contributed by atoms with Gasteiger partial charge in [-0.25, -0.2) is 0 Å². The topological polar surface area (TPSA) is 23.6 Å². The fraction of sp³-hybridized carbons (Fsp3) is 0.933. The minimum absolute atomic E-state index is 0.333. The maximum absolute atomic E-state index is 11.6. The molecule has 0 radical (unpaired) electrons. The third-order valence-electron chi connectivity index (χ3n) is 4.14. The van der Waals surface area contributed by atoms with Crippen LogP contribution in [0.4, 0.5) is 0 Å². The molecule has 0 aromatic rings. The quantitative estimate of drug-likeness (QED) is 0.773. The van der Waals surface area contributed by atoms with Gasteiger partial charge in [-0.05, 0) is 31.2 Å². The zero-order valence-electron chi connectivity index (χ0n) is 12.7. The lowest BCUT2D eigenvalue weighted by molar-refractivity contribution is -0.135. The third kappa shape index (κ3) is 3.47. The van der Waals surface area contributed by atoms with Crippen LogP contribution in [0.3, 0.4) is 0 Å². The van der Waals surface area contributed by atoms with Crippen molar-refractivity contribution in [1.82, 2.24) is 9.80 Å². The molecule has 3 heteroatoms. The van der Waals surface area contributed by atoms with Gasteiger partial charge in [-0.3, -0.25) is 4.79 Å². The summed E-state index contributed by atoms with van der Waals surface area (Å²) in [5.41, 5.74) is 0.569. The second-order valence-corrected chi connectivity index (χ2v) is 5.44. The molecule has 0 saturated carbocycles. The molecule has 1 amide bonds. The van der Waals surface area contributed by atoms with Gasteiger partial charge in [0.2, 0.25) is 5.91 Å². The van der Waals surface area contributed by atoms with Crippen LogP contribution in [0.25, 0.3) is 0 Å². The number of hydrogen-bond donors (Lipinski definition) is 0. The molecule has 0 N–H and O–H groups in total. The van der Waals surface area contributed by atoms with Gasteiger partial charge in [0.25, 0.3) is 0 Å². The number of piperidine rings is 1. The molecule has 0 aliphatic carbocycles. The van der Waals surface area contributed by atoms with Crippen molar-refractivity contribution < 1.29 is 4.79 Å². The summed E-state index contributed by atoms with van der Waals surface area (Å²) in [4.78, 5) is 16.2. The van der Waals surface area contributed by atoms with E-state index in [1.54, 1.807) is 0 Å². The van der Waals surface area contributed by atoms with Crippen LogP contribution in [0.15, 0.2) is 0 Å². The van der Waals surface area contributed by atoms with E-state index in [1.165, 1.54) is 38.9 Å². The lowest BCUT2D eigenvalue weighted by Gasteiger charge is -2.54. The van der Waals surface area contributed by atoms with Crippen LogP contribution >= 0.6 is 0 Å². The molecular formula is C15H30N2O. The van der Waals surface area contributed by atoms with Crippen LogP contribution in [0.5, 0.6) is 0 Å². The zero-order chi connectivity index (χ0) is 13.6. The van der Waals surface area contributed by atoms with Gasteiger partial charge < -0.3 is 9.80 Å². The summed E-state index contributed by atoms with van der Waals surface area (Å²) in [7, 11) is 0. The van der Waals surface area contributed by atoms with Crippen LogP contribution in [0, 0.1) is 5.41 Å². The van der Waals surface area contributed by atoms with E-state index in [4.69, 9.17) is 0 Å². The molecule has 2 fully saturated rings. The van der Waals surface area contributed by atoms with Crippen molar-refractivity contribution in [3.05, 3.63) is 0 Å². The van der Waals surface area contributed by atoms with E-state index in [2.05, 4.69) is 11.8 Å². The van der Waals surface area contributed by atoms with Gasteiger partial charge in [0.15, 0.2) is 0 Å². The Kier molecular flexibility index (Phi) is 6.13. The van der Waals surface area contributed by atoms with Gasteiger partial charge in [0.1, 0.15) is 0 Å². The maximum Gasteiger partial charge on any atom is 0.222 e. The molecule has 18 heavy (non-hydrogen) atoms. The molecule has 2 aliphatic heterocycles. The van der Waals surface area contributed by atoms with E-state index in [9.17, 15) is 4.79 Å². The Hall–Kier alpha value is -0.570. The highest BCUT2D eigenvalue weighted by atomic mass is 16.2. The van der Waals surface area contributed by atoms with Crippen molar-refractivity contribution in [3.8, 4) is 0 Å². The van der Waals surface area contributed by atoms with E-state index < -0.39 is 0 Å². The molecule has 0 bridgehead atoms. The van der Waals surface area contributed by atoms with Crippen molar-refractivity contribution in [1.29, 1.82) is 0 Å². The Bertz CT molecular complexity index is 249. The number of amides is 1. The highest BCUT2D eigenvalue weighted by molar-refractivity contribution is 5.75. The van der Waals surface area contributed by atoms with Crippen molar-refractivity contribution in [2.45, 2.75) is 53.4 Å². The lowest BCUT2D eigenvalue weighted by Crippen LogP contribution is -2.60. The van der Waals surface area contributed by atoms with Crippen molar-refractivity contribution in [3.63, 3.8) is 0 Å². The summed E-state index contributed by atoms with van der Waals surface area (Å²) in [5, 5.41) is 0. The van der Waals surface area contributed by atoms with E-state index in [0.29, 0.717) is 17.7 Å². The monoisotopic (exact) mass is 254 g/mol. The van der Waals surface area contributed by atoms with Crippen LogP contribution in [0.2, 0.25) is 0 Å². The normalized spacial score (nSPS) is 22.1. The molecule has 106 valence electrons. The number of carbonyl (C=O) groups excluding carboxylic acids is 1. The fourth-order valence-electron chi connectivity index (χ4n) is 3.15. The number of hydrogen-bond acceptors (Lipinski definition) is 2. The van der Waals surface area contributed by atoms with Crippen molar-refractivity contribution >= 4 is 5.91 Å². The first-order valence-corrected chi connectivity index (χ1v) is 7.69. The summed E-state index contributed by atoms with van der Waals surface area (Å²) < 4.78 is 0. The lowest BCUT2D eigenvalue weighted by atomic mass is 9.72. The highest BCUT2D eigenvalue weighted by Crippen LogP contribution is 2.40. The number of likely N-dealkylation sites (tertiary alicyclic amines) is 2. The SMILES string of the molecule is CC.CCCN1CC2(CCN(C(=O)CC)CC2)C1. The first kappa shape index (κ1) is 15.5. The first-order chi connectivity index (χ1) is 8.69. The predicted octanol–water partition coefficient (Wildman–Crippen LogP) is 2.76. The second kappa shape index (κ2) is 7.13. The molecule has 0 aromatic heterocycles. The molecule has 0 unspecified atom stereocenters. The van der Waals surface area contributed by atoms with Gasteiger partial charge in [-0.1, -0.05) is 27.7 Å². The summed E-state index contributed by atoms with van der Waals surface area (Å²) >= 11 is 0. The van der Waals surface area contributed by atoms with Gasteiger partial charge in [0, 0.05) is 32.6 Å². The number of rotatable bonds is 3. The van der Waals surface area contributed by atoms with E-state index in [-0.39, 0.29) is 0 Å². The second-order valence-electron chi connectivity index (χ2n) is 5.44. The highest BCUT2D eigenvalue weighted by Gasteiger charge is 2.44. The van der Waals surface area contributed by atoms with Crippen molar-refractivity contribution in [2.24, 2.45) is 5.41 Å². The number of nitrogens with zero attached hydrogens (tertiary/aromatic N) is 2. The minimum atomic E-state index is 0.333. The minimum Gasteiger partial charge on any atom is -0.343 e. The molecule has 2 saturated heterocycles. The molecule has 0 aromatic carbocycles. The van der Waals surface area contributed by atoms with Crippen LogP contribution < -0.4 is 0 Å². The Morgan fingerprint density at radius 2 is 1.67 bits per heavy atom. The molecule has 3 nitrogen and oxygen atoms in total. The molecular weight excluding hydrogens is 224 g/mol. The summed E-state index contributed by atoms with van der Waals surface area (Å²) in [6, 6.07) is 0. The first-order valence-electron chi connectivity index (χ1n) is 7.69. The van der Waals surface area contributed by atoms with Crippen LogP contribution in [-0.2, 0) is 4.79 Å². The Labute approximate surface area is 113 Å². The summed E-state index contributed by atoms with van der Waals surface area (Å²) in [5.74, 6) is 0.333. The predicted molar refractivity (Wildman–Crippen MR) is 76.6 cm³/mol. The van der Waals surface area contributed by atoms with Gasteiger partial charge in [-0.2, -0.15) is 0 Å².